The van der Waals surface area contributed by atoms with Gasteiger partial charge in [-0.2, -0.15) is 0 Å². The molecule has 3 aromatic carbocycles. The van der Waals surface area contributed by atoms with Gasteiger partial charge in [0.25, 0.3) is 10.0 Å². The van der Waals surface area contributed by atoms with E-state index in [1.54, 1.807) is 42.6 Å². The van der Waals surface area contributed by atoms with E-state index < -0.39 is 10.0 Å². The number of aromatic nitrogens is 1. The van der Waals surface area contributed by atoms with E-state index in [1.807, 2.05) is 48.5 Å². The van der Waals surface area contributed by atoms with Crippen LogP contribution in [0.1, 0.15) is 11.1 Å². The van der Waals surface area contributed by atoms with Gasteiger partial charge in [-0.3, -0.25) is 0 Å². The number of hydrogen-bond donors (Lipinski definition) is 0. The lowest BCUT2D eigenvalue weighted by Gasteiger charge is -2.06. The summed E-state index contributed by atoms with van der Waals surface area (Å²) >= 11 is 0. The summed E-state index contributed by atoms with van der Waals surface area (Å²) in [6.07, 6.45) is 1.60. The molecule has 1 heterocycles. The highest BCUT2D eigenvalue weighted by Crippen LogP contribution is 2.25. The average molecular weight is 357 g/mol. The third-order valence-corrected chi connectivity index (χ3v) is 5.78. The second-order valence-electron chi connectivity index (χ2n) is 5.79. The lowest BCUT2D eigenvalue weighted by Crippen LogP contribution is -2.11. The number of para-hydroxylation sites is 1. The summed E-state index contributed by atoms with van der Waals surface area (Å²) in [5.74, 6) is 6.21. The highest BCUT2D eigenvalue weighted by Gasteiger charge is 2.20. The van der Waals surface area contributed by atoms with Crippen molar-refractivity contribution >= 4 is 20.9 Å². The van der Waals surface area contributed by atoms with E-state index in [4.69, 9.17) is 0 Å². The van der Waals surface area contributed by atoms with Crippen LogP contribution < -0.4 is 0 Å². The van der Waals surface area contributed by atoms with Gasteiger partial charge in [0.15, 0.2) is 0 Å². The van der Waals surface area contributed by atoms with Crippen molar-refractivity contribution < 1.29 is 8.42 Å². The molecule has 4 rings (SSSR count). The Morgan fingerprint density at radius 2 is 1.31 bits per heavy atom. The van der Waals surface area contributed by atoms with Crippen molar-refractivity contribution in [1.82, 2.24) is 3.97 Å². The molecule has 0 spiro atoms. The average Bonchev–Trinajstić information content (AvgIpc) is 3.07. The van der Waals surface area contributed by atoms with Crippen LogP contribution in [-0.4, -0.2) is 12.4 Å². The Kier molecular flexibility index (Phi) is 4.08. The predicted molar refractivity (Wildman–Crippen MR) is 103 cm³/mol. The second kappa shape index (κ2) is 6.55. The Hall–Kier alpha value is -3.29. The molecule has 4 heteroatoms. The van der Waals surface area contributed by atoms with E-state index in [0.29, 0.717) is 11.1 Å². The van der Waals surface area contributed by atoms with Gasteiger partial charge in [-0.25, -0.2) is 12.4 Å². The maximum Gasteiger partial charge on any atom is 0.268 e. The summed E-state index contributed by atoms with van der Waals surface area (Å²) in [5.41, 5.74) is 2.19. The molecule has 0 fully saturated rings. The minimum atomic E-state index is -3.68. The van der Waals surface area contributed by atoms with Crippen LogP contribution in [0.3, 0.4) is 0 Å². The molecule has 3 nitrogen and oxygen atoms in total. The number of nitrogens with zero attached hydrogens (tertiary/aromatic N) is 1. The van der Waals surface area contributed by atoms with Gasteiger partial charge in [0.1, 0.15) is 0 Å². The quantitative estimate of drug-likeness (QED) is 0.502. The third kappa shape index (κ3) is 2.90. The maximum atomic E-state index is 13.1. The molecule has 126 valence electrons. The van der Waals surface area contributed by atoms with Gasteiger partial charge in [0, 0.05) is 17.1 Å². The first-order chi connectivity index (χ1) is 12.7. The van der Waals surface area contributed by atoms with Crippen LogP contribution in [0, 0.1) is 11.8 Å². The third-order valence-electron chi connectivity index (χ3n) is 4.09. The molecule has 4 aromatic rings. The molecular formula is C22H15NO2S. The Bertz CT molecular complexity index is 1230. The highest BCUT2D eigenvalue weighted by atomic mass is 32.2. The lowest BCUT2D eigenvalue weighted by atomic mass is 10.1. The fourth-order valence-electron chi connectivity index (χ4n) is 2.82. The maximum absolute atomic E-state index is 13.1. The van der Waals surface area contributed by atoms with Crippen molar-refractivity contribution in [3.8, 4) is 11.8 Å². The lowest BCUT2D eigenvalue weighted by molar-refractivity contribution is 0.589. The number of hydrogen-bond acceptors (Lipinski definition) is 2. The van der Waals surface area contributed by atoms with Crippen LogP contribution in [0.25, 0.3) is 10.9 Å². The summed E-state index contributed by atoms with van der Waals surface area (Å²) < 4.78 is 27.4. The van der Waals surface area contributed by atoms with Crippen LogP contribution in [0.2, 0.25) is 0 Å². The van der Waals surface area contributed by atoms with Crippen LogP contribution in [0.5, 0.6) is 0 Å². The summed E-state index contributed by atoms with van der Waals surface area (Å²) in [4.78, 5) is 0.253. The molecule has 26 heavy (non-hydrogen) atoms. The molecule has 0 amide bonds. The molecule has 1 aromatic heterocycles. The number of fused-ring (bicyclic) bond motifs is 1. The molecule has 0 bridgehead atoms. The second-order valence-corrected chi connectivity index (χ2v) is 7.60. The standard InChI is InChI=1S/C22H15NO2S/c24-26(25,20-11-5-2-6-12-20)23-17-19(21-13-7-8-14-22(21)23)16-15-18-9-3-1-4-10-18/h1-14,17H. The van der Waals surface area contributed by atoms with Crippen molar-refractivity contribution in [2.45, 2.75) is 4.90 Å². The van der Waals surface area contributed by atoms with E-state index in [-0.39, 0.29) is 4.90 Å². The molecular weight excluding hydrogens is 342 g/mol. The fourth-order valence-corrected chi connectivity index (χ4v) is 4.21. The van der Waals surface area contributed by atoms with Crippen LogP contribution >= 0.6 is 0 Å². The molecule has 0 unspecified atom stereocenters. The van der Waals surface area contributed by atoms with Crippen molar-refractivity contribution in [1.29, 1.82) is 0 Å². The molecule has 0 aliphatic rings. The molecule has 0 saturated heterocycles. The van der Waals surface area contributed by atoms with Gasteiger partial charge in [0.2, 0.25) is 0 Å². The zero-order valence-electron chi connectivity index (χ0n) is 13.8. The van der Waals surface area contributed by atoms with Gasteiger partial charge < -0.3 is 0 Å². The van der Waals surface area contributed by atoms with Gasteiger partial charge in [-0.15, -0.1) is 0 Å². The Morgan fingerprint density at radius 3 is 2.04 bits per heavy atom. The van der Waals surface area contributed by atoms with Crippen molar-refractivity contribution in [2.24, 2.45) is 0 Å². The van der Waals surface area contributed by atoms with E-state index in [1.165, 1.54) is 3.97 Å². The first kappa shape index (κ1) is 16.2. The van der Waals surface area contributed by atoms with E-state index >= 15 is 0 Å². The van der Waals surface area contributed by atoms with Gasteiger partial charge in [-0.05, 0) is 30.3 Å². The summed E-state index contributed by atoms with van der Waals surface area (Å²) in [6, 6.07) is 25.4. The summed E-state index contributed by atoms with van der Waals surface area (Å²) in [5, 5.41) is 0.815. The summed E-state index contributed by atoms with van der Waals surface area (Å²) in [6.45, 7) is 0. The van der Waals surface area contributed by atoms with Crippen molar-refractivity contribution in [2.75, 3.05) is 0 Å². The molecule has 0 N–H and O–H groups in total. The largest absolute Gasteiger partial charge is 0.268 e. The first-order valence-corrected chi connectivity index (χ1v) is 9.58. The Morgan fingerprint density at radius 1 is 0.692 bits per heavy atom. The zero-order chi connectivity index (χ0) is 18.0. The minimum absolute atomic E-state index is 0.253. The zero-order valence-corrected chi connectivity index (χ0v) is 14.6. The Balaban J connectivity index is 1.90. The molecule has 0 aliphatic carbocycles. The highest BCUT2D eigenvalue weighted by molar-refractivity contribution is 7.90. The predicted octanol–water partition coefficient (Wildman–Crippen LogP) is 4.28. The van der Waals surface area contributed by atoms with Crippen molar-refractivity contribution in [3.05, 3.63) is 102 Å². The monoisotopic (exact) mass is 357 g/mol. The van der Waals surface area contributed by atoms with Gasteiger partial charge in [0.05, 0.1) is 16.0 Å². The fraction of sp³-hybridized carbons (Fsp3) is 0. The molecule has 0 radical (unpaired) electrons. The van der Waals surface area contributed by atoms with Crippen molar-refractivity contribution in [3.63, 3.8) is 0 Å². The van der Waals surface area contributed by atoms with Crippen LogP contribution in [0.4, 0.5) is 0 Å². The normalized spacial score (nSPS) is 11.1. The van der Waals surface area contributed by atoms with Gasteiger partial charge >= 0.3 is 0 Å². The first-order valence-electron chi connectivity index (χ1n) is 8.14. The van der Waals surface area contributed by atoms with E-state index in [9.17, 15) is 8.42 Å². The molecule has 0 aliphatic heterocycles. The Labute approximate surface area is 152 Å². The summed E-state index contributed by atoms with van der Waals surface area (Å²) in [7, 11) is -3.68. The van der Waals surface area contributed by atoms with E-state index in [0.717, 1.165) is 10.9 Å². The molecule has 0 saturated carbocycles. The SMILES string of the molecule is O=S(=O)(c1ccccc1)n1cc(C#Cc2ccccc2)c2ccccc21. The molecule has 0 atom stereocenters. The number of benzene rings is 3. The smallest absolute Gasteiger partial charge is 0.240 e. The van der Waals surface area contributed by atoms with E-state index in [2.05, 4.69) is 11.8 Å². The van der Waals surface area contributed by atoms with Crippen LogP contribution in [0.15, 0.2) is 96.0 Å². The van der Waals surface area contributed by atoms with Gasteiger partial charge in [-0.1, -0.05) is 66.4 Å². The topological polar surface area (TPSA) is 39.1 Å². The minimum Gasteiger partial charge on any atom is -0.240 e. The number of rotatable bonds is 2. The van der Waals surface area contributed by atoms with Crippen LogP contribution in [-0.2, 0) is 10.0 Å².